The molecule has 0 bridgehead atoms. The van der Waals surface area contributed by atoms with Crippen molar-refractivity contribution in [1.82, 2.24) is 0 Å². The molecular formula is C11H17O2. The number of esters is 1. The molecule has 1 unspecified atom stereocenters. The first-order valence-electron chi connectivity index (χ1n) is 4.89. The third-order valence-corrected chi connectivity index (χ3v) is 2.45. The molecule has 13 heavy (non-hydrogen) atoms. The highest BCUT2D eigenvalue weighted by molar-refractivity contribution is 5.72. The molecule has 0 saturated heterocycles. The fourth-order valence-corrected chi connectivity index (χ4v) is 1.43. The van der Waals surface area contributed by atoms with Crippen LogP contribution < -0.4 is 0 Å². The molecule has 0 N–H and O–H groups in total. The second kappa shape index (κ2) is 5.05. The molecule has 1 rings (SSSR count). The highest BCUT2D eigenvalue weighted by Gasteiger charge is 2.17. The van der Waals surface area contributed by atoms with Crippen LogP contribution >= 0.6 is 0 Å². The third kappa shape index (κ3) is 3.62. The second-order valence-corrected chi connectivity index (χ2v) is 3.43. The second-order valence-electron chi connectivity index (χ2n) is 3.43. The molecular weight excluding hydrogens is 164 g/mol. The van der Waals surface area contributed by atoms with Gasteiger partial charge < -0.3 is 4.74 Å². The van der Waals surface area contributed by atoms with Gasteiger partial charge in [-0.25, -0.2) is 0 Å². The van der Waals surface area contributed by atoms with Crippen LogP contribution in [0.3, 0.4) is 0 Å². The lowest BCUT2D eigenvalue weighted by molar-refractivity contribution is -0.145. The molecule has 1 aliphatic rings. The van der Waals surface area contributed by atoms with Crippen LogP contribution in [-0.2, 0) is 9.53 Å². The molecule has 0 saturated carbocycles. The Hall–Kier alpha value is -0.790. The standard InChI is InChI=1S/C11H17O2/c1-3-10(11(12)13-2)6-4-5-9-7-8-9/h7-8,10H,3-6H2,1-2H3. The van der Waals surface area contributed by atoms with Gasteiger partial charge in [-0.2, -0.15) is 0 Å². The Kier molecular flexibility index (Phi) is 4.00. The number of rotatable bonds is 6. The minimum Gasteiger partial charge on any atom is -0.469 e. The van der Waals surface area contributed by atoms with E-state index in [9.17, 15) is 4.79 Å². The topological polar surface area (TPSA) is 26.3 Å². The molecule has 1 radical (unpaired) electrons. The number of carbonyl (C=O) groups is 1. The van der Waals surface area contributed by atoms with Crippen LogP contribution in [0.4, 0.5) is 0 Å². The van der Waals surface area contributed by atoms with Crippen molar-refractivity contribution in [3.05, 3.63) is 18.1 Å². The smallest absolute Gasteiger partial charge is 0.308 e. The molecule has 0 fully saturated rings. The lowest BCUT2D eigenvalue weighted by atomic mass is 9.99. The summed E-state index contributed by atoms with van der Waals surface area (Å²) in [7, 11) is 1.46. The van der Waals surface area contributed by atoms with Crippen LogP contribution in [0.5, 0.6) is 0 Å². The minimum absolute atomic E-state index is 0.0590. The van der Waals surface area contributed by atoms with E-state index in [1.54, 1.807) is 0 Å². The molecule has 0 aromatic carbocycles. The summed E-state index contributed by atoms with van der Waals surface area (Å²) in [5.74, 6) is 0.0422. The summed E-state index contributed by atoms with van der Waals surface area (Å²) in [6.45, 7) is 2.03. The third-order valence-electron chi connectivity index (χ3n) is 2.45. The van der Waals surface area contributed by atoms with Crippen molar-refractivity contribution in [1.29, 1.82) is 0 Å². The Morgan fingerprint density at radius 1 is 1.62 bits per heavy atom. The zero-order valence-electron chi connectivity index (χ0n) is 8.38. The van der Waals surface area contributed by atoms with Crippen molar-refractivity contribution in [2.45, 2.75) is 32.6 Å². The van der Waals surface area contributed by atoms with Crippen molar-refractivity contribution in [2.24, 2.45) is 5.92 Å². The minimum atomic E-state index is -0.0590. The highest BCUT2D eigenvalue weighted by atomic mass is 16.5. The average Bonchev–Trinajstić information content (AvgIpc) is 2.95. The van der Waals surface area contributed by atoms with Crippen molar-refractivity contribution in [3.8, 4) is 0 Å². The van der Waals surface area contributed by atoms with Gasteiger partial charge in [0, 0.05) is 6.42 Å². The number of hydrogen-bond acceptors (Lipinski definition) is 2. The molecule has 1 aliphatic carbocycles. The van der Waals surface area contributed by atoms with Gasteiger partial charge in [-0.1, -0.05) is 18.6 Å². The molecule has 73 valence electrons. The number of hydrogen-bond donors (Lipinski definition) is 0. The number of methoxy groups -OCH3 is 1. The maximum Gasteiger partial charge on any atom is 0.308 e. The van der Waals surface area contributed by atoms with E-state index in [1.807, 2.05) is 6.92 Å². The van der Waals surface area contributed by atoms with Gasteiger partial charge in [0.05, 0.1) is 13.0 Å². The maximum atomic E-state index is 11.2. The predicted octanol–water partition coefficient (Wildman–Crippen LogP) is 2.50. The average molecular weight is 181 g/mol. The Morgan fingerprint density at radius 2 is 2.31 bits per heavy atom. The fraction of sp³-hybridized carbons (Fsp3) is 0.636. The molecule has 2 nitrogen and oxygen atoms in total. The molecule has 0 aromatic heterocycles. The summed E-state index contributed by atoms with van der Waals surface area (Å²) in [6, 6.07) is 0. The Labute approximate surface area is 80.0 Å². The van der Waals surface area contributed by atoms with E-state index in [0.717, 1.165) is 25.7 Å². The van der Waals surface area contributed by atoms with Gasteiger partial charge in [-0.05, 0) is 25.7 Å². The van der Waals surface area contributed by atoms with Crippen LogP contribution in [-0.4, -0.2) is 13.1 Å². The predicted molar refractivity (Wildman–Crippen MR) is 52.0 cm³/mol. The largest absolute Gasteiger partial charge is 0.469 e. The number of carbonyl (C=O) groups excluding carboxylic acids is 1. The van der Waals surface area contributed by atoms with Crippen LogP contribution in [0.2, 0.25) is 0 Å². The van der Waals surface area contributed by atoms with E-state index < -0.39 is 0 Å². The van der Waals surface area contributed by atoms with Crippen LogP contribution in [0.1, 0.15) is 32.6 Å². The molecule has 0 spiro atoms. The molecule has 2 heteroatoms. The summed E-state index contributed by atoms with van der Waals surface area (Å²) in [6.07, 6.45) is 8.30. The molecule has 0 amide bonds. The van der Waals surface area contributed by atoms with E-state index in [4.69, 9.17) is 4.74 Å². The Balaban J connectivity index is 2.14. The molecule has 1 atom stereocenters. The fourth-order valence-electron chi connectivity index (χ4n) is 1.43. The van der Waals surface area contributed by atoms with Crippen LogP contribution in [0, 0.1) is 12.3 Å². The van der Waals surface area contributed by atoms with Crippen molar-refractivity contribution in [2.75, 3.05) is 7.11 Å². The van der Waals surface area contributed by atoms with E-state index in [2.05, 4.69) is 12.5 Å². The van der Waals surface area contributed by atoms with E-state index in [1.165, 1.54) is 12.7 Å². The summed E-state index contributed by atoms with van der Waals surface area (Å²) >= 11 is 0. The van der Waals surface area contributed by atoms with E-state index >= 15 is 0 Å². The quantitative estimate of drug-likeness (QED) is 0.588. The van der Waals surface area contributed by atoms with Gasteiger partial charge in [0.15, 0.2) is 0 Å². The van der Waals surface area contributed by atoms with Gasteiger partial charge in [0.2, 0.25) is 0 Å². The number of ether oxygens (including phenoxy) is 1. The molecule has 0 aliphatic heterocycles. The van der Waals surface area contributed by atoms with Crippen LogP contribution in [0.15, 0.2) is 11.6 Å². The van der Waals surface area contributed by atoms with Gasteiger partial charge in [0.1, 0.15) is 0 Å². The molecule has 0 aromatic rings. The first-order valence-corrected chi connectivity index (χ1v) is 4.89. The van der Waals surface area contributed by atoms with E-state index in [-0.39, 0.29) is 11.9 Å². The van der Waals surface area contributed by atoms with Gasteiger partial charge in [0.25, 0.3) is 0 Å². The van der Waals surface area contributed by atoms with Crippen molar-refractivity contribution in [3.63, 3.8) is 0 Å². The van der Waals surface area contributed by atoms with Gasteiger partial charge in [-0.3, -0.25) is 4.79 Å². The van der Waals surface area contributed by atoms with Crippen molar-refractivity contribution < 1.29 is 9.53 Å². The summed E-state index contributed by atoms with van der Waals surface area (Å²) in [5.41, 5.74) is 1.43. The Bertz CT molecular complexity index is 206. The lowest BCUT2D eigenvalue weighted by Gasteiger charge is -2.10. The number of allylic oxidation sites excluding steroid dienone is 2. The summed E-state index contributed by atoms with van der Waals surface area (Å²) in [4.78, 5) is 11.2. The van der Waals surface area contributed by atoms with Crippen LogP contribution in [0.25, 0.3) is 0 Å². The van der Waals surface area contributed by atoms with E-state index in [0.29, 0.717) is 0 Å². The Morgan fingerprint density at radius 3 is 2.77 bits per heavy atom. The zero-order chi connectivity index (χ0) is 9.68. The first-order chi connectivity index (χ1) is 6.27. The molecule has 0 heterocycles. The maximum absolute atomic E-state index is 11.2. The lowest BCUT2D eigenvalue weighted by Crippen LogP contribution is -2.15. The summed E-state index contributed by atoms with van der Waals surface area (Å²) in [5, 5.41) is 0. The monoisotopic (exact) mass is 181 g/mol. The normalized spacial score (nSPS) is 16.3. The SMILES string of the molecule is CCC(CCCC1=C[CH]1)C(=O)OC. The summed E-state index contributed by atoms with van der Waals surface area (Å²) < 4.78 is 4.72. The zero-order valence-corrected chi connectivity index (χ0v) is 8.38. The first kappa shape index (κ1) is 10.3. The highest BCUT2D eigenvalue weighted by Crippen LogP contribution is 2.25. The van der Waals surface area contributed by atoms with Crippen molar-refractivity contribution >= 4 is 5.97 Å². The van der Waals surface area contributed by atoms with Gasteiger partial charge in [-0.15, -0.1) is 0 Å². The van der Waals surface area contributed by atoms with Gasteiger partial charge >= 0.3 is 5.97 Å².